The Hall–Kier alpha value is -4.38. The highest BCUT2D eigenvalue weighted by Gasteiger charge is 2.48. The quantitative estimate of drug-likeness (QED) is 0.392. The van der Waals surface area contributed by atoms with E-state index in [0.29, 0.717) is 23.5 Å². The number of carbonyl (C=O) groups is 1. The fraction of sp³-hybridized carbons (Fsp3) is 0.276. The molecule has 0 radical (unpaired) electrons. The van der Waals surface area contributed by atoms with Crippen LogP contribution in [0.25, 0.3) is 11.3 Å². The van der Waals surface area contributed by atoms with Crippen LogP contribution in [0.2, 0.25) is 0 Å². The molecule has 1 aliphatic heterocycles. The molecule has 1 aliphatic carbocycles. The minimum atomic E-state index is -4.62. The standard InChI is InChI=1S/C29H24F3N5O3/c30-29(31,32)23-15-17(9-13-33-23)20-7-4-8-22(34-20)24(38)26(40)37-14-10-21-19(16-37)25(39)36-27(35-21)28(11-12-28)18-5-2-1-3-6-18/h1-9,13,15,24,38H,10-12,14,16H2,(H,35,36,39). The molecule has 2 N–H and O–H groups in total. The van der Waals surface area contributed by atoms with E-state index >= 15 is 0 Å². The molecular weight excluding hydrogens is 523 g/mol. The van der Waals surface area contributed by atoms with E-state index in [-0.39, 0.29) is 41.0 Å². The lowest BCUT2D eigenvalue weighted by atomic mass is 9.94. The Kier molecular flexibility index (Phi) is 6.25. The van der Waals surface area contributed by atoms with Crippen LogP contribution in [0, 0.1) is 0 Å². The van der Waals surface area contributed by atoms with Crippen molar-refractivity contribution in [3.8, 4) is 11.3 Å². The molecule has 1 fully saturated rings. The number of nitrogens with one attached hydrogen (secondary N) is 1. The van der Waals surface area contributed by atoms with E-state index < -0.39 is 23.9 Å². The zero-order valence-electron chi connectivity index (χ0n) is 21.2. The van der Waals surface area contributed by atoms with Crippen LogP contribution in [0.1, 0.15) is 53.0 Å². The molecule has 1 amide bonds. The van der Waals surface area contributed by atoms with Gasteiger partial charge in [-0.05, 0) is 42.7 Å². The van der Waals surface area contributed by atoms with E-state index in [1.807, 2.05) is 30.3 Å². The van der Waals surface area contributed by atoms with Gasteiger partial charge in [-0.15, -0.1) is 0 Å². The largest absolute Gasteiger partial charge is 0.433 e. The number of aromatic amines is 1. The predicted molar refractivity (Wildman–Crippen MR) is 138 cm³/mol. The number of H-pyrrole nitrogens is 1. The second kappa shape index (κ2) is 9.67. The van der Waals surface area contributed by atoms with Crippen molar-refractivity contribution in [2.45, 2.75) is 43.5 Å². The third kappa shape index (κ3) is 4.66. The monoisotopic (exact) mass is 547 g/mol. The van der Waals surface area contributed by atoms with Gasteiger partial charge in [-0.3, -0.25) is 14.6 Å². The van der Waals surface area contributed by atoms with E-state index in [1.54, 1.807) is 0 Å². The molecule has 1 saturated carbocycles. The summed E-state index contributed by atoms with van der Waals surface area (Å²) in [5.74, 6) is -0.0273. The molecule has 1 aromatic carbocycles. The maximum atomic E-state index is 13.2. The molecular formula is C29H24F3N5O3. The average Bonchev–Trinajstić information content (AvgIpc) is 3.79. The molecule has 40 heavy (non-hydrogen) atoms. The minimum absolute atomic E-state index is 0.0143. The highest BCUT2D eigenvalue weighted by Crippen LogP contribution is 2.52. The number of hydrogen-bond acceptors (Lipinski definition) is 6. The number of pyridine rings is 2. The number of aliphatic hydroxyl groups excluding tert-OH is 1. The van der Waals surface area contributed by atoms with Gasteiger partial charge >= 0.3 is 6.18 Å². The number of rotatable bonds is 5. The highest BCUT2D eigenvalue weighted by atomic mass is 19.4. The van der Waals surface area contributed by atoms with Gasteiger partial charge in [-0.1, -0.05) is 36.4 Å². The third-order valence-corrected chi connectivity index (χ3v) is 7.54. The summed E-state index contributed by atoms with van der Waals surface area (Å²) in [6, 6.07) is 16.6. The number of nitrogens with zero attached hydrogens (tertiary/aromatic N) is 4. The lowest BCUT2D eigenvalue weighted by Crippen LogP contribution is -2.42. The van der Waals surface area contributed by atoms with E-state index in [0.717, 1.165) is 30.7 Å². The van der Waals surface area contributed by atoms with Gasteiger partial charge in [0.25, 0.3) is 11.5 Å². The first-order chi connectivity index (χ1) is 19.2. The molecule has 1 atom stereocenters. The SMILES string of the molecule is O=C(C(O)c1cccc(-c2ccnc(C(F)(F)F)c2)n1)N1CCc2nc(C3(c4ccccc4)CC3)[nH]c(=O)c2C1. The van der Waals surface area contributed by atoms with Gasteiger partial charge in [0, 0.05) is 24.7 Å². The fourth-order valence-electron chi connectivity index (χ4n) is 5.19. The Balaban J connectivity index is 1.22. The Morgan fingerprint density at radius 2 is 1.82 bits per heavy atom. The van der Waals surface area contributed by atoms with Gasteiger partial charge in [-0.25, -0.2) is 9.97 Å². The average molecular weight is 548 g/mol. The molecule has 2 aliphatic rings. The summed E-state index contributed by atoms with van der Waals surface area (Å²) >= 11 is 0. The molecule has 0 spiro atoms. The van der Waals surface area contributed by atoms with Crippen molar-refractivity contribution in [3.63, 3.8) is 0 Å². The van der Waals surface area contributed by atoms with Gasteiger partial charge in [0.2, 0.25) is 0 Å². The smallest absolute Gasteiger partial charge is 0.377 e. The number of fused-ring (bicyclic) bond motifs is 1. The lowest BCUT2D eigenvalue weighted by Gasteiger charge is -2.30. The third-order valence-electron chi connectivity index (χ3n) is 7.54. The lowest BCUT2D eigenvalue weighted by molar-refractivity contribution is -0.142. The highest BCUT2D eigenvalue weighted by molar-refractivity contribution is 5.82. The molecule has 3 aromatic heterocycles. The first-order valence-corrected chi connectivity index (χ1v) is 12.8. The molecule has 204 valence electrons. The Morgan fingerprint density at radius 3 is 2.55 bits per heavy atom. The summed E-state index contributed by atoms with van der Waals surface area (Å²) in [6.07, 6.45) is -3.13. The number of carbonyl (C=O) groups excluding carboxylic acids is 1. The van der Waals surface area contributed by atoms with E-state index in [9.17, 15) is 27.9 Å². The number of benzene rings is 1. The van der Waals surface area contributed by atoms with Crippen molar-refractivity contribution in [2.75, 3.05) is 6.54 Å². The molecule has 11 heteroatoms. The Labute approximate surface area is 226 Å². The number of aliphatic hydroxyl groups is 1. The maximum absolute atomic E-state index is 13.2. The summed E-state index contributed by atoms with van der Waals surface area (Å²) in [6.45, 7) is 0.223. The first-order valence-electron chi connectivity index (χ1n) is 12.8. The van der Waals surface area contributed by atoms with Crippen LogP contribution in [0.4, 0.5) is 13.2 Å². The van der Waals surface area contributed by atoms with Gasteiger partial charge < -0.3 is 15.0 Å². The first kappa shape index (κ1) is 25.9. The number of halogens is 3. The van der Waals surface area contributed by atoms with Crippen molar-refractivity contribution in [1.29, 1.82) is 0 Å². The Morgan fingerprint density at radius 1 is 1.05 bits per heavy atom. The van der Waals surface area contributed by atoms with Crippen LogP contribution in [0.3, 0.4) is 0 Å². The molecule has 0 bridgehead atoms. The topological polar surface area (TPSA) is 112 Å². The van der Waals surface area contributed by atoms with Crippen LogP contribution in [0.15, 0.2) is 71.7 Å². The van der Waals surface area contributed by atoms with E-state index in [4.69, 9.17) is 4.98 Å². The van der Waals surface area contributed by atoms with Crippen LogP contribution < -0.4 is 5.56 Å². The summed E-state index contributed by atoms with van der Waals surface area (Å²) < 4.78 is 39.3. The van der Waals surface area contributed by atoms with Gasteiger partial charge in [0.15, 0.2) is 6.10 Å². The summed E-state index contributed by atoms with van der Waals surface area (Å²) in [4.78, 5) is 43.0. The van der Waals surface area contributed by atoms with Crippen LogP contribution in [-0.4, -0.2) is 42.4 Å². The van der Waals surface area contributed by atoms with E-state index in [2.05, 4.69) is 15.0 Å². The molecule has 8 nitrogen and oxygen atoms in total. The summed E-state index contributed by atoms with van der Waals surface area (Å²) in [7, 11) is 0. The molecule has 0 saturated heterocycles. The second-order valence-electron chi connectivity index (χ2n) is 10.1. The van der Waals surface area contributed by atoms with Crippen molar-refractivity contribution in [3.05, 3.63) is 111 Å². The predicted octanol–water partition coefficient (Wildman–Crippen LogP) is 3.94. The van der Waals surface area contributed by atoms with Crippen molar-refractivity contribution < 1.29 is 23.1 Å². The zero-order valence-corrected chi connectivity index (χ0v) is 21.2. The molecule has 6 rings (SSSR count). The number of amides is 1. The zero-order chi connectivity index (χ0) is 28.1. The van der Waals surface area contributed by atoms with Gasteiger partial charge in [0.05, 0.1) is 34.6 Å². The number of aromatic nitrogens is 4. The van der Waals surface area contributed by atoms with Crippen molar-refractivity contribution in [1.82, 2.24) is 24.8 Å². The fourth-order valence-corrected chi connectivity index (χ4v) is 5.19. The minimum Gasteiger partial charge on any atom is -0.377 e. The number of hydrogen-bond donors (Lipinski definition) is 2. The van der Waals surface area contributed by atoms with Crippen LogP contribution in [0.5, 0.6) is 0 Å². The summed E-state index contributed by atoms with van der Waals surface area (Å²) in [5, 5.41) is 10.9. The molecule has 4 aromatic rings. The van der Waals surface area contributed by atoms with Crippen LogP contribution in [-0.2, 0) is 29.4 Å². The summed E-state index contributed by atoms with van der Waals surface area (Å²) in [5.41, 5.74) is 0.715. The van der Waals surface area contributed by atoms with Crippen LogP contribution >= 0.6 is 0 Å². The van der Waals surface area contributed by atoms with Crippen molar-refractivity contribution in [2.24, 2.45) is 0 Å². The van der Waals surface area contributed by atoms with Crippen molar-refractivity contribution >= 4 is 5.91 Å². The Bertz CT molecular complexity index is 1650. The molecule has 4 heterocycles. The molecule has 1 unspecified atom stereocenters. The van der Waals surface area contributed by atoms with Gasteiger partial charge in [0.1, 0.15) is 11.5 Å². The van der Waals surface area contributed by atoms with Gasteiger partial charge in [-0.2, -0.15) is 13.2 Å². The second-order valence-corrected chi connectivity index (χ2v) is 10.1. The maximum Gasteiger partial charge on any atom is 0.433 e. The number of alkyl halides is 3. The normalized spacial score (nSPS) is 16.8. The van der Waals surface area contributed by atoms with E-state index in [1.165, 1.54) is 29.2 Å².